The number of amides is 1. The van der Waals surface area contributed by atoms with E-state index in [0.717, 1.165) is 0 Å². The van der Waals surface area contributed by atoms with Gasteiger partial charge in [-0.2, -0.15) is 0 Å². The third-order valence-electron chi connectivity index (χ3n) is 1.72. The number of hydrogen-bond acceptors (Lipinski definition) is 3. The van der Waals surface area contributed by atoms with Crippen molar-refractivity contribution in [3.63, 3.8) is 0 Å². The molecule has 1 heterocycles. The Balaban J connectivity index is 2.57. The molecule has 1 aromatic heterocycles. The number of pyridine rings is 1. The van der Waals surface area contributed by atoms with Crippen LogP contribution in [0.3, 0.4) is 0 Å². The summed E-state index contributed by atoms with van der Waals surface area (Å²) in [7, 11) is 0. The van der Waals surface area contributed by atoms with Gasteiger partial charge in [-0.3, -0.25) is 4.79 Å². The predicted molar refractivity (Wildman–Crippen MR) is 55.8 cm³/mol. The van der Waals surface area contributed by atoms with Gasteiger partial charge in [0.25, 0.3) is 5.91 Å². The Kier molecular flexibility index (Phi) is 3.45. The molecule has 1 rings (SSSR count). The quantitative estimate of drug-likeness (QED) is 0.754. The molecule has 0 bridgehead atoms. The largest absolute Gasteiger partial charge is 0.384 e. The highest BCUT2D eigenvalue weighted by Gasteiger charge is 2.05. The first-order valence-electron chi connectivity index (χ1n) is 4.59. The lowest BCUT2D eigenvalue weighted by Gasteiger charge is -2.07. The summed E-state index contributed by atoms with van der Waals surface area (Å²) in [5.74, 6) is 0.761. The van der Waals surface area contributed by atoms with E-state index in [1.165, 1.54) is 6.20 Å². The van der Waals surface area contributed by atoms with Gasteiger partial charge in [0.05, 0.1) is 5.56 Å². The van der Waals surface area contributed by atoms with Gasteiger partial charge < -0.3 is 11.1 Å². The van der Waals surface area contributed by atoms with Crippen LogP contribution in [0.2, 0.25) is 0 Å². The van der Waals surface area contributed by atoms with Gasteiger partial charge in [-0.05, 0) is 18.1 Å². The molecule has 14 heavy (non-hydrogen) atoms. The Labute approximate surface area is 83.5 Å². The van der Waals surface area contributed by atoms with E-state index < -0.39 is 0 Å². The second-order valence-electron chi connectivity index (χ2n) is 3.58. The Morgan fingerprint density at radius 3 is 2.79 bits per heavy atom. The van der Waals surface area contributed by atoms with Gasteiger partial charge in [-0.25, -0.2) is 4.98 Å². The summed E-state index contributed by atoms with van der Waals surface area (Å²) >= 11 is 0. The number of anilines is 1. The van der Waals surface area contributed by atoms with Crippen LogP contribution in [0.15, 0.2) is 18.3 Å². The van der Waals surface area contributed by atoms with Crippen molar-refractivity contribution in [2.75, 3.05) is 12.3 Å². The lowest BCUT2D eigenvalue weighted by molar-refractivity contribution is 0.0948. The second-order valence-corrected chi connectivity index (χ2v) is 3.58. The summed E-state index contributed by atoms with van der Waals surface area (Å²) < 4.78 is 0. The van der Waals surface area contributed by atoms with Crippen LogP contribution in [0.25, 0.3) is 0 Å². The lowest BCUT2D eigenvalue weighted by atomic mass is 10.2. The maximum atomic E-state index is 11.5. The molecular weight excluding hydrogens is 178 g/mol. The minimum absolute atomic E-state index is 0.105. The number of hydrogen-bond donors (Lipinski definition) is 2. The number of nitrogen functional groups attached to an aromatic ring is 1. The molecule has 4 nitrogen and oxygen atoms in total. The molecule has 0 atom stereocenters. The zero-order chi connectivity index (χ0) is 10.6. The van der Waals surface area contributed by atoms with E-state index in [9.17, 15) is 4.79 Å². The Hall–Kier alpha value is -1.58. The van der Waals surface area contributed by atoms with E-state index in [-0.39, 0.29) is 5.91 Å². The summed E-state index contributed by atoms with van der Waals surface area (Å²) in [6.07, 6.45) is 1.48. The molecule has 0 spiro atoms. The minimum Gasteiger partial charge on any atom is -0.384 e. The molecule has 0 saturated heterocycles. The standard InChI is InChI=1S/C10H15N3O/c1-7(2)5-13-10(14)8-3-4-9(11)12-6-8/h3-4,6-7H,5H2,1-2H3,(H2,11,12)(H,13,14). The first-order chi connectivity index (χ1) is 6.59. The van der Waals surface area contributed by atoms with Crippen molar-refractivity contribution in [1.29, 1.82) is 0 Å². The summed E-state index contributed by atoms with van der Waals surface area (Å²) in [5.41, 5.74) is 5.95. The van der Waals surface area contributed by atoms with Crippen molar-refractivity contribution in [3.8, 4) is 0 Å². The smallest absolute Gasteiger partial charge is 0.252 e. The van der Waals surface area contributed by atoms with Crippen LogP contribution in [0, 0.1) is 5.92 Å². The molecule has 0 unspecified atom stereocenters. The highest BCUT2D eigenvalue weighted by molar-refractivity contribution is 5.93. The number of carbonyl (C=O) groups excluding carboxylic acids is 1. The summed E-state index contributed by atoms with van der Waals surface area (Å²) in [6.45, 7) is 4.76. The maximum absolute atomic E-state index is 11.5. The van der Waals surface area contributed by atoms with Crippen LogP contribution in [0.5, 0.6) is 0 Å². The average molecular weight is 193 g/mol. The third-order valence-corrected chi connectivity index (χ3v) is 1.72. The topological polar surface area (TPSA) is 68.0 Å². The summed E-state index contributed by atoms with van der Waals surface area (Å²) in [4.78, 5) is 15.3. The molecule has 0 aliphatic heterocycles. The SMILES string of the molecule is CC(C)CNC(=O)c1ccc(N)nc1. The van der Waals surface area contributed by atoms with E-state index in [4.69, 9.17) is 5.73 Å². The Morgan fingerprint density at radius 2 is 2.29 bits per heavy atom. The van der Waals surface area contributed by atoms with Crippen LogP contribution in [0.4, 0.5) is 5.82 Å². The second kappa shape index (κ2) is 4.60. The molecule has 0 aliphatic carbocycles. The zero-order valence-corrected chi connectivity index (χ0v) is 8.45. The Morgan fingerprint density at radius 1 is 1.57 bits per heavy atom. The lowest BCUT2D eigenvalue weighted by Crippen LogP contribution is -2.27. The fourth-order valence-electron chi connectivity index (χ4n) is 0.939. The fourth-order valence-corrected chi connectivity index (χ4v) is 0.939. The van der Waals surface area contributed by atoms with Gasteiger partial charge in [0.2, 0.25) is 0 Å². The van der Waals surface area contributed by atoms with Crippen molar-refractivity contribution < 1.29 is 4.79 Å². The number of carbonyl (C=O) groups is 1. The van der Waals surface area contributed by atoms with Crippen LogP contribution in [-0.4, -0.2) is 17.4 Å². The van der Waals surface area contributed by atoms with E-state index in [0.29, 0.717) is 23.8 Å². The molecule has 0 radical (unpaired) electrons. The highest BCUT2D eigenvalue weighted by Crippen LogP contribution is 2.01. The fraction of sp³-hybridized carbons (Fsp3) is 0.400. The normalized spacial score (nSPS) is 10.2. The van der Waals surface area contributed by atoms with Crippen molar-refractivity contribution >= 4 is 11.7 Å². The molecule has 4 heteroatoms. The van der Waals surface area contributed by atoms with Crippen molar-refractivity contribution in [2.24, 2.45) is 5.92 Å². The predicted octanol–water partition coefficient (Wildman–Crippen LogP) is 1.05. The van der Waals surface area contributed by atoms with Crippen molar-refractivity contribution in [3.05, 3.63) is 23.9 Å². The van der Waals surface area contributed by atoms with Gasteiger partial charge in [0, 0.05) is 12.7 Å². The summed E-state index contributed by atoms with van der Waals surface area (Å²) in [6, 6.07) is 3.28. The number of rotatable bonds is 3. The van der Waals surface area contributed by atoms with Gasteiger partial charge in [0.15, 0.2) is 0 Å². The van der Waals surface area contributed by atoms with Gasteiger partial charge in [0.1, 0.15) is 5.82 Å². The number of nitrogens with two attached hydrogens (primary N) is 1. The van der Waals surface area contributed by atoms with Crippen LogP contribution in [0.1, 0.15) is 24.2 Å². The summed E-state index contributed by atoms with van der Waals surface area (Å²) in [5, 5.41) is 2.80. The third kappa shape index (κ3) is 3.05. The molecule has 1 aromatic rings. The molecule has 0 aromatic carbocycles. The average Bonchev–Trinajstić information content (AvgIpc) is 2.15. The van der Waals surface area contributed by atoms with E-state index in [2.05, 4.69) is 10.3 Å². The van der Waals surface area contributed by atoms with Crippen LogP contribution < -0.4 is 11.1 Å². The number of nitrogens with zero attached hydrogens (tertiary/aromatic N) is 1. The van der Waals surface area contributed by atoms with Gasteiger partial charge in [-0.15, -0.1) is 0 Å². The van der Waals surface area contributed by atoms with Crippen molar-refractivity contribution in [1.82, 2.24) is 10.3 Å². The monoisotopic (exact) mass is 193 g/mol. The first kappa shape index (κ1) is 10.5. The molecule has 0 aliphatic rings. The molecule has 3 N–H and O–H groups in total. The Bertz CT molecular complexity index is 306. The maximum Gasteiger partial charge on any atom is 0.252 e. The number of nitrogens with one attached hydrogen (secondary N) is 1. The highest BCUT2D eigenvalue weighted by atomic mass is 16.1. The van der Waals surface area contributed by atoms with E-state index in [1.807, 2.05) is 13.8 Å². The van der Waals surface area contributed by atoms with Crippen LogP contribution in [-0.2, 0) is 0 Å². The molecular formula is C10H15N3O. The van der Waals surface area contributed by atoms with Gasteiger partial charge in [-0.1, -0.05) is 13.8 Å². The number of aromatic nitrogens is 1. The van der Waals surface area contributed by atoms with E-state index in [1.54, 1.807) is 12.1 Å². The zero-order valence-electron chi connectivity index (χ0n) is 8.45. The van der Waals surface area contributed by atoms with Crippen LogP contribution >= 0.6 is 0 Å². The molecule has 0 fully saturated rings. The van der Waals surface area contributed by atoms with Gasteiger partial charge >= 0.3 is 0 Å². The molecule has 1 amide bonds. The first-order valence-corrected chi connectivity index (χ1v) is 4.59. The van der Waals surface area contributed by atoms with E-state index >= 15 is 0 Å². The van der Waals surface area contributed by atoms with Crippen molar-refractivity contribution in [2.45, 2.75) is 13.8 Å². The molecule has 0 saturated carbocycles. The molecule has 76 valence electrons. The minimum atomic E-state index is -0.105.